The maximum Gasteiger partial charge on any atom is 0.253 e. The van der Waals surface area contributed by atoms with Gasteiger partial charge in [0.1, 0.15) is 0 Å². The number of fused-ring (bicyclic) bond motifs is 1. The predicted molar refractivity (Wildman–Crippen MR) is 97.4 cm³/mol. The van der Waals surface area contributed by atoms with Crippen molar-refractivity contribution >= 4 is 16.8 Å². The Kier molecular flexibility index (Phi) is 3.85. The van der Waals surface area contributed by atoms with Gasteiger partial charge in [-0.2, -0.15) is 0 Å². The zero-order valence-electron chi connectivity index (χ0n) is 14.0. The molecule has 1 aliphatic rings. The molecule has 4 rings (SSSR count). The highest BCUT2D eigenvalue weighted by atomic mass is 16.2. The molecule has 1 amide bonds. The summed E-state index contributed by atoms with van der Waals surface area (Å²) in [5.74, 6) is 0.674. The Morgan fingerprint density at radius 2 is 1.83 bits per heavy atom. The number of hydrogen-bond donors (Lipinski definition) is 1. The lowest BCUT2D eigenvalue weighted by molar-refractivity contribution is 0.0712. The molecule has 3 aromatic rings. The molecule has 1 fully saturated rings. The van der Waals surface area contributed by atoms with Crippen LogP contribution < -0.4 is 0 Å². The molecule has 0 spiro atoms. The van der Waals surface area contributed by atoms with Crippen LogP contribution in [-0.2, 0) is 0 Å². The van der Waals surface area contributed by atoms with Crippen LogP contribution >= 0.6 is 0 Å². The summed E-state index contributed by atoms with van der Waals surface area (Å²) in [7, 11) is 0. The first kappa shape index (κ1) is 15.0. The average molecular weight is 318 g/mol. The zero-order chi connectivity index (χ0) is 16.5. The molecule has 0 bridgehead atoms. The van der Waals surface area contributed by atoms with Gasteiger partial charge in [-0.15, -0.1) is 0 Å². The van der Waals surface area contributed by atoms with Crippen LogP contribution in [0, 0.1) is 6.92 Å². The Hall–Kier alpha value is -2.55. The molecule has 0 saturated carbocycles. The van der Waals surface area contributed by atoms with Gasteiger partial charge in [0.2, 0.25) is 0 Å². The van der Waals surface area contributed by atoms with E-state index in [1.54, 1.807) is 0 Å². The number of H-pyrrole nitrogens is 1. The van der Waals surface area contributed by atoms with Crippen molar-refractivity contribution in [3.05, 3.63) is 71.4 Å². The fourth-order valence-corrected chi connectivity index (χ4v) is 3.67. The first-order valence-corrected chi connectivity index (χ1v) is 8.64. The lowest BCUT2D eigenvalue weighted by atomic mass is 9.93. The van der Waals surface area contributed by atoms with E-state index in [0.717, 1.165) is 37.1 Å². The number of aromatic nitrogens is 1. The molecule has 3 heteroatoms. The van der Waals surface area contributed by atoms with Gasteiger partial charge in [-0.05, 0) is 49.4 Å². The summed E-state index contributed by atoms with van der Waals surface area (Å²) in [4.78, 5) is 18.2. The normalized spacial score (nSPS) is 15.8. The molecular formula is C21H22N2O. The topological polar surface area (TPSA) is 36.1 Å². The first-order valence-electron chi connectivity index (χ1n) is 8.64. The Labute approximate surface area is 142 Å². The van der Waals surface area contributed by atoms with Crippen molar-refractivity contribution in [2.24, 2.45) is 0 Å². The molecule has 0 aliphatic carbocycles. The number of para-hydroxylation sites is 1. The van der Waals surface area contributed by atoms with Crippen LogP contribution in [0.5, 0.6) is 0 Å². The number of hydrogen-bond acceptors (Lipinski definition) is 1. The second kappa shape index (κ2) is 6.16. The number of nitrogens with one attached hydrogen (secondary N) is 1. The third-order valence-corrected chi connectivity index (χ3v) is 5.04. The van der Waals surface area contributed by atoms with Gasteiger partial charge >= 0.3 is 0 Å². The van der Waals surface area contributed by atoms with Crippen molar-refractivity contribution in [1.29, 1.82) is 0 Å². The molecule has 1 saturated heterocycles. The number of aromatic amines is 1. The molecule has 0 radical (unpaired) electrons. The quantitative estimate of drug-likeness (QED) is 0.742. The summed E-state index contributed by atoms with van der Waals surface area (Å²) in [6.45, 7) is 3.68. The Morgan fingerprint density at radius 3 is 2.58 bits per heavy atom. The van der Waals surface area contributed by atoms with Crippen molar-refractivity contribution in [2.45, 2.75) is 25.7 Å². The van der Waals surface area contributed by atoms with Gasteiger partial charge in [0.15, 0.2) is 0 Å². The summed E-state index contributed by atoms with van der Waals surface area (Å²) in [6, 6.07) is 18.5. The largest absolute Gasteiger partial charge is 0.358 e. The average Bonchev–Trinajstić information content (AvgIpc) is 3.05. The third-order valence-electron chi connectivity index (χ3n) is 5.04. The van der Waals surface area contributed by atoms with Gasteiger partial charge < -0.3 is 9.88 Å². The van der Waals surface area contributed by atoms with Crippen LogP contribution in [0.1, 0.15) is 40.4 Å². The fraction of sp³-hybridized carbons (Fsp3) is 0.286. The number of likely N-dealkylation sites (tertiary alicyclic amines) is 1. The summed E-state index contributed by atoms with van der Waals surface area (Å²) in [5, 5.41) is 1.27. The van der Waals surface area contributed by atoms with Gasteiger partial charge in [0.05, 0.1) is 0 Å². The SMILES string of the molecule is Cc1cccc(C(=O)N2CCC(c3cc4ccccc4[nH]3)CC2)c1. The molecule has 2 aromatic carbocycles. The van der Waals surface area contributed by atoms with E-state index < -0.39 is 0 Å². The first-order chi connectivity index (χ1) is 11.7. The van der Waals surface area contributed by atoms with Crippen molar-refractivity contribution in [2.75, 3.05) is 13.1 Å². The van der Waals surface area contributed by atoms with Crippen molar-refractivity contribution in [3.63, 3.8) is 0 Å². The fourth-order valence-electron chi connectivity index (χ4n) is 3.67. The Bertz CT molecular complexity index is 839. The zero-order valence-corrected chi connectivity index (χ0v) is 14.0. The van der Waals surface area contributed by atoms with Crippen LogP contribution in [0.4, 0.5) is 0 Å². The summed E-state index contributed by atoms with van der Waals surface area (Å²) < 4.78 is 0. The van der Waals surface area contributed by atoms with Crippen molar-refractivity contribution in [1.82, 2.24) is 9.88 Å². The Balaban J connectivity index is 1.45. The molecule has 1 N–H and O–H groups in total. The Morgan fingerprint density at radius 1 is 1.04 bits per heavy atom. The minimum absolute atomic E-state index is 0.161. The molecule has 0 atom stereocenters. The number of amides is 1. The molecule has 1 aliphatic heterocycles. The lowest BCUT2D eigenvalue weighted by Crippen LogP contribution is -2.38. The number of carbonyl (C=O) groups is 1. The molecule has 24 heavy (non-hydrogen) atoms. The van der Waals surface area contributed by atoms with E-state index in [4.69, 9.17) is 0 Å². The number of piperidine rings is 1. The monoisotopic (exact) mass is 318 g/mol. The summed E-state index contributed by atoms with van der Waals surface area (Å²) >= 11 is 0. The predicted octanol–water partition coefficient (Wildman–Crippen LogP) is 4.50. The number of benzene rings is 2. The van der Waals surface area contributed by atoms with Crippen LogP contribution in [0.25, 0.3) is 10.9 Å². The minimum atomic E-state index is 0.161. The number of nitrogens with zero attached hydrogens (tertiary/aromatic N) is 1. The summed E-state index contributed by atoms with van der Waals surface area (Å²) in [5.41, 5.74) is 4.44. The third kappa shape index (κ3) is 2.82. The lowest BCUT2D eigenvalue weighted by Gasteiger charge is -2.31. The maximum absolute atomic E-state index is 12.7. The highest BCUT2D eigenvalue weighted by Crippen LogP contribution is 2.30. The highest BCUT2D eigenvalue weighted by molar-refractivity contribution is 5.94. The van der Waals surface area contributed by atoms with Crippen LogP contribution in [0.2, 0.25) is 0 Å². The molecule has 2 heterocycles. The van der Waals surface area contributed by atoms with Crippen molar-refractivity contribution in [3.8, 4) is 0 Å². The van der Waals surface area contributed by atoms with Crippen molar-refractivity contribution < 1.29 is 4.79 Å². The molecule has 1 aromatic heterocycles. The maximum atomic E-state index is 12.7. The highest BCUT2D eigenvalue weighted by Gasteiger charge is 2.25. The standard InChI is InChI=1S/C21H22N2O/c1-15-5-4-7-18(13-15)21(24)23-11-9-16(10-12-23)20-14-17-6-2-3-8-19(17)22-20/h2-8,13-14,16,22H,9-12H2,1H3. The number of carbonyl (C=O) groups excluding carboxylic acids is 1. The minimum Gasteiger partial charge on any atom is -0.358 e. The molecule has 122 valence electrons. The van der Waals surface area contributed by atoms with E-state index in [-0.39, 0.29) is 5.91 Å². The van der Waals surface area contributed by atoms with E-state index in [9.17, 15) is 4.79 Å². The van der Waals surface area contributed by atoms with E-state index >= 15 is 0 Å². The van der Waals surface area contributed by atoms with Crippen LogP contribution in [0.15, 0.2) is 54.6 Å². The van der Waals surface area contributed by atoms with Gasteiger partial charge in [0.25, 0.3) is 5.91 Å². The number of aryl methyl sites for hydroxylation is 1. The molecule has 0 unspecified atom stereocenters. The van der Waals surface area contributed by atoms with Gasteiger partial charge in [-0.25, -0.2) is 0 Å². The van der Waals surface area contributed by atoms with Gasteiger partial charge in [0, 0.05) is 35.8 Å². The number of rotatable bonds is 2. The van der Waals surface area contributed by atoms with Crippen LogP contribution in [-0.4, -0.2) is 28.9 Å². The van der Waals surface area contributed by atoms with Crippen LogP contribution in [0.3, 0.4) is 0 Å². The van der Waals surface area contributed by atoms with E-state index in [2.05, 4.69) is 35.3 Å². The molecule has 3 nitrogen and oxygen atoms in total. The van der Waals surface area contributed by atoms with E-state index in [0.29, 0.717) is 5.92 Å². The summed E-state index contributed by atoms with van der Waals surface area (Å²) in [6.07, 6.45) is 2.04. The van der Waals surface area contributed by atoms with E-state index in [1.165, 1.54) is 16.6 Å². The van der Waals surface area contributed by atoms with E-state index in [1.807, 2.05) is 36.1 Å². The second-order valence-electron chi connectivity index (χ2n) is 6.75. The van der Waals surface area contributed by atoms with Gasteiger partial charge in [-0.1, -0.05) is 35.9 Å². The second-order valence-corrected chi connectivity index (χ2v) is 6.75. The smallest absolute Gasteiger partial charge is 0.253 e. The van der Waals surface area contributed by atoms with Gasteiger partial charge in [-0.3, -0.25) is 4.79 Å². The molecular weight excluding hydrogens is 296 g/mol.